The van der Waals surface area contributed by atoms with Gasteiger partial charge in [-0.25, -0.2) is 4.39 Å². The first-order valence-electron chi connectivity index (χ1n) is 4.42. The van der Waals surface area contributed by atoms with E-state index in [1.165, 1.54) is 6.07 Å². The maximum atomic E-state index is 13.1. The summed E-state index contributed by atoms with van der Waals surface area (Å²) in [5, 5.41) is 0.203. The number of pyridine rings is 1. The van der Waals surface area contributed by atoms with Gasteiger partial charge < -0.3 is 0 Å². The molecule has 6 heteroatoms. The topological polar surface area (TPSA) is 67.3 Å². The van der Waals surface area contributed by atoms with E-state index in [4.69, 9.17) is 4.55 Å². The van der Waals surface area contributed by atoms with E-state index in [0.29, 0.717) is 5.69 Å². The Morgan fingerprint density at radius 3 is 2.62 bits per heavy atom. The first kappa shape index (κ1) is 11.0. The van der Waals surface area contributed by atoms with Gasteiger partial charge in [0, 0.05) is 17.1 Å². The maximum absolute atomic E-state index is 13.1. The summed E-state index contributed by atoms with van der Waals surface area (Å²) in [6, 6.07) is 4.97. The molecule has 2 rings (SSSR count). The van der Waals surface area contributed by atoms with E-state index in [9.17, 15) is 12.8 Å². The average molecular weight is 241 g/mol. The Morgan fingerprint density at radius 2 is 2.00 bits per heavy atom. The Morgan fingerprint density at radius 1 is 1.31 bits per heavy atom. The maximum Gasteiger partial charge on any atom is 0.295 e. The zero-order chi connectivity index (χ0) is 11.9. The van der Waals surface area contributed by atoms with Gasteiger partial charge in [-0.2, -0.15) is 8.42 Å². The molecule has 0 amide bonds. The minimum atomic E-state index is -4.44. The molecule has 0 saturated heterocycles. The highest BCUT2D eigenvalue weighted by Gasteiger charge is 2.16. The quantitative estimate of drug-likeness (QED) is 0.774. The van der Waals surface area contributed by atoms with Gasteiger partial charge in [0.2, 0.25) is 0 Å². The van der Waals surface area contributed by atoms with Crippen LogP contribution in [-0.2, 0) is 10.1 Å². The van der Waals surface area contributed by atoms with Gasteiger partial charge in [-0.05, 0) is 25.1 Å². The number of halogens is 1. The summed E-state index contributed by atoms with van der Waals surface area (Å²) in [5.41, 5.74) is 0.840. The van der Waals surface area contributed by atoms with E-state index in [2.05, 4.69) is 4.98 Å². The lowest BCUT2D eigenvalue weighted by Gasteiger charge is -2.04. The van der Waals surface area contributed by atoms with Crippen LogP contribution >= 0.6 is 0 Å². The summed E-state index contributed by atoms with van der Waals surface area (Å²) in [4.78, 5) is 3.53. The summed E-state index contributed by atoms with van der Waals surface area (Å²) >= 11 is 0. The van der Waals surface area contributed by atoms with Crippen molar-refractivity contribution < 1.29 is 17.4 Å². The fourth-order valence-corrected chi connectivity index (χ4v) is 2.20. The van der Waals surface area contributed by atoms with Crippen molar-refractivity contribution in [3.63, 3.8) is 0 Å². The normalized spacial score (nSPS) is 11.9. The zero-order valence-electron chi connectivity index (χ0n) is 8.31. The number of benzene rings is 1. The fraction of sp³-hybridized carbons (Fsp3) is 0.100. The molecule has 1 heterocycles. The lowest BCUT2D eigenvalue weighted by Crippen LogP contribution is -2.01. The predicted octanol–water partition coefficient (Wildman–Crippen LogP) is 1.93. The number of hydrogen-bond donors (Lipinski definition) is 1. The number of hydrogen-bond acceptors (Lipinski definition) is 3. The molecule has 16 heavy (non-hydrogen) atoms. The molecule has 1 N–H and O–H groups in total. The van der Waals surface area contributed by atoms with Crippen LogP contribution in [0.15, 0.2) is 29.2 Å². The molecule has 1 aromatic heterocycles. The van der Waals surface area contributed by atoms with Gasteiger partial charge in [-0.15, -0.1) is 0 Å². The smallest absolute Gasteiger partial charge is 0.282 e. The number of aryl methyl sites for hydroxylation is 1. The molecule has 0 atom stereocenters. The van der Waals surface area contributed by atoms with Crippen molar-refractivity contribution in [2.45, 2.75) is 11.8 Å². The van der Waals surface area contributed by atoms with Crippen molar-refractivity contribution >= 4 is 21.0 Å². The summed E-state index contributed by atoms with van der Waals surface area (Å²) in [7, 11) is -4.44. The van der Waals surface area contributed by atoms with Crippen molar-refractivity contribution in [3.05, 3.63) is 35.8 Å². The molecule has 0 aliphatic rings. The molecule has 0 fully saturated rings. The van der Waals surface area contributed by atoms with Crippen LogP contribution < -0.4 is 0 Å². The predicted molar refractivity (Wildman–Crippen MR) is 56.3 cm³/mol. The highest BCUT2D eigenvalue weighted by atomic mass is 32.2. The third-order valence-corrected chi connectivity index (χ3v) is 3.04. The second-order valence-corrected chi connectivity index (χ2v) is 4.79. The fourth-order valence-electron chi connectivity index (χ4n) is 1.48. The highest BCUT2D eigenvalue weighted by Crippen LogP contribution is 2.23. The SMILES string of the molecule is Cc1ccc2c(S(=O)(=O)O)cc(F)cc2n1. The number of rotatable bonds is 1. The monoisotopic (exact) mass is 241 g/mol. The third kappa shape index (κ3) is 1.89. The molecule has 0 radical (unpaired) electrons. The number of fused-ring (bicyclic) bond motifs is 1. The minimum absolute atomic E-state index is 0.202. The molecular weight excluding hydrogens is 233 g/mol. The van der Waals surface area contributed by atoms with Gasteiger partial charge in [0.25, 0.3) is 10.1 Å². The Kier molecular flexibility index (Phi) is 2.40. The first-order chi connectivity index (χ1) is 7.38. The summed E-state index contributed by atoms with van der Waals surface area (Å²) < 4.78 is 44.2. The lowest BCUT2D eigenvalue weighted by molar-refractivity contribution is 0.483. The molecule has 0 aliphatic heterocycles. The van der Waals surface area contributed by atoms with Gasteiger partial charge in [0.15, 0.2) is 0 Å². The van der Waals surface area contributed by atoms with Gasteiger partial charge >= 0.3 is 0 Å². The van der Waals surface area contributed by atoms with E-state index in [-0.39, 0.29) is 10.9 Å². The van der Waals surface area contributed by atoms with Crippen molar-refractivity contribution in [1.29, 1.82) is 0 Å². The number of nitrogens with zero attached hydrogens (tertiary/aromatic N) is 1. The van der Waals surface area contributed by atoms with Gasteiger partial charge in [-0.3, -0.25) is 9.54 Å². The molecule has 0 saturated carbocycles. The van der Waals surface area contributed by atoms with Crippen molar-refractivity contribution in [2.24, 2.45) is 0 Å². The molecular formula is C10H8FNO3S. The van der Waals surface area contributed by atoms with Crippen LogP contribution in [0.5, 0.6) is 0 Å². The highest BCUT2D eigenvalue weighted by molar-refractivity contribution is 7.86. The van der Waals surface area contributed by atoms with Crippen LogP contribution in [0.2, 0.25) is 0 Å². The van der Waals surface area contributed by atoms with Crippen molar-refractivity contribution in [1.82, 2.24) is 4.98 Å². The van der Waals surface area contributed by atoms with Crippen LogP contribution in [0, 0.1) is 12.7 Å². The van der Waals surface area contributed by atoms with E-state index < -0.39 is 20.8 Å². The molecule has 0 spiro atoms. The molecule has 1 aromatic carbocycles. The minimum Gasteiger partial charge on any atom is -0.282 e. The van der Waals surface area contributed by atoms with Crippen molar-refractivity contribution in [2.75, 3.05) is 0 Å². The first-order valence-corrected chi connectivity index (χ1v) is 5.86. The van der Waals surface area contributed by atoms with Crippen molar-refractivity contribution in [3.8, 4) is 0 Å². The standard InChI is InChI=1S/C10H8FNO3S/c1-6-2-3-8-9(12-6)4-7(11)5-10(8)16(13,14)15/h2-5H,1H3,(H,13,14,15). The van der Waals surface area contributed by atoms with Crippen LogP contribution in [0.4, 0.5) is 4.39 Å². The van der Waals surface area contributed by atoms with Crippen LogP contribution in [0.1, 0.15) is 5.69 Å². The molecule has 4 nitrogen and oxygen atoms in total. The summed E-state index contributed by atoms with van der Waals surface area (Å²) in [6.07, 6.45) is 0. The Bertz CT molecular complexity index is 662. The average Bonchev–Trinajstić information content (AvgIpc) is 2.14. The second-order valence-electron chi connectivity index (χ2n) is 3.40. The summed E-state index contributed by atoms with van der Waals surface area (Å²) in [5.74, 6) is -0.752. The molecule has 0 bridgehead atoms. The zero-order valence-corrected chi connectivity index (χ0v) is 9.12. The molecule has 0 aliphatic carbocycles. The van der Waals surface area contributed by atoms with Gasteiger partial charge in [0.1, 0.15) is 10.7 Å². The Hall–Kier alpha value is -1.53. The van der Waals surface area contributed by atoms with Gasteiger partial charge in [0.05, 0.1) is 5.52 Å². The van der Waals surface area contributed by atoms with Gasteiger partial charge in [-0.1, -0.05) is 0 Å². The van der Waals surface area contributed by atoms with E-state index >= 15 is 0 Å². The van der Waals surface area contributed by atoms with E-state index in [1.54, 1.807) is 13.0 Å². The largest absolute Gasteiger partial charge is 0.295 e. The molecule has 0 unspecified atom stereocenters. The van der Waals surface area contributed by atoms with Crippen LogP contribution in [0.3, 0.4) is 0 Å². The van der Waals surface area contributed by atoms with Crippen LogP contribution in [0.25, 0.3) is 10.9 Å². The number of aromatic nitrogens is 1. The Balaban J connectivity index is 2.94. The van der Waals surface area contributed by atoms with Crippen LogP contribution in [-0.4, -0.2) is 18.0 Å². The molecule has 84 valence electrons. The summed E-state index contributed by atoms with van der Waals surface area (Å²) in [6.45, 7) is 1.71. The lowest BCUT2D eigenvalue weighted by atomic mass is 10.2. The molecule has 2 aromatic rings. The Labute approximate surface area is 91.5 Å². The van der Waals surface area contributed by atoms with E-state index in [0.717, 1.165) is 12.1 Å². The van der Waals surface area contributed by atoms with E-state index in [1.807, 2.05) is 0 Å². The second kappa shape index (κ2) is 3.50. The third-order valence-electron chi connectivity index (χ3n) is 2.15.